The maximum absolute atomic E-state index is 4.21. The van der Waals surface area contributed by atoms with Crippen molar-refractivity contribution in [3.8, 4) is 11.5 Å². The van der Waals surface area contributed by atoms with E-state index in [0.29, 0.717) is 0 Å². The second kappa shape index (κ2) is 2.26. The molecule has 4 nitrogen and oxygen atoms in total. The van der Waals surface area contributed by atoms with Crippen LogP contribution in [-0.2, 0) is 0 Å². The Morgan fingerprint density at radius 2 is 2.15 bits per heavy atom. The standard InChI is InChI=1S/C9H6N4/c1-2-6-7(10-3-1)4-8-9(13-6)12-5-11-8/h1-5H,(H,11,12,13). The predicted molar refractivity (Wildman–Crippen MR) is 48.3 cm³/mol. The normalized spacial score (nSPS) is 11.1. The van der Waals surface area contributed by atoms with E-state index in [9.17, 15) is 0 Å². The van der Waals surface area contributed by atoms with Crippen LogP contribution in [0.5, 0.6) is 0 Å². The maximum Gasteiger partial charge on any atom is 0.158 e. The fourth-order valence-electron chi connectivity index (χ4n) is 1.37. The Hall–Kier alpha value is -1.97. The topological polar surface area (TPSA) is 54.5 Å². The summed E-state index contributed by atoms with van der Waals surface area (Å²) in [4.78, 5) is 15.5. The third-order valence-electron chi connectivity index (χ3n) is 1.99. The van der Waals surface area contributed by atoms with Crippen LogP contribution in [0.2, 0.25) is 0 Å². The van der Waals surface area contributed by atoms with Crippen LogP contribution < -0.4 is 0 Å². The van der Waals surface area contributed by atoms with E-state index in [2.05, 4.69) is 19.9 Å². The monoisotopic (exact) mass is 170 g/mol. The van der Waals surface area contributed by atoms with Crippen molar-refractivity contribution in [1.82, 2.24) is 19.9 Å². The van der Waals surface area contributed by atoms with E-state index in [-0.39, 0.29) is 0 Å². The van der Waals surface area contributed by atoms with Crippen LogP contribution in [0.4, 0.5) is 0 Å². The van der Waals surface area contributed by atoms with Gasteiger partial charge < -0.3 is 4.98 Å². The van der Waals surface area contributed by atoms with Crippen LogP contribution in [0.3, 0.4) is 0 Å². The molecule has 2 aliphatic heterocycles. The molecule has 1 aromatic rings. The zero-order chi connectivity index (χ0) is 8.67. The number of pyridine rings is 2. The molecule has 3 rings (SSSR count). The van der Waals surface area contributed by atoms with Crippen LogP contribution in [-0.4, -0.2) is 19.9 Å². The molecule has 1 aromatic heterocycles. The zero-order valence-corrected chi connectivity index (χ0v) is 6.73. The van der Waals surface area contributed by atoms with E-state index in [1.165, 1.54) is 0 Å². The summed E-state index contributed by atoms with van der Waals surface area (Å²) in [7, 11) is 0. The van der Waals surface area contributed by atoms with Gasteiger partial charge in [0.25, 0.3) is 0 Å². The summed E-state index contributed by atoms with van der Waals surface area (Å²) in [6.45, 7) is 0. The number of rotatable bonds is 0. The van der Waals surface area contributed by atoms with Gasteiger partial charge in [-0.3, -0.25) is 4.98 Å². The molecule has 0 saturated heterocycles. The molecule has 0 aliphatic carbocycles. The summed E-state index contributed by atoms with van der Waals surface area (Å²) in [5, 5.41) is 0. The summed E-state index contributed by atoms with van der Waals surface area (Å²) in [5.74, 6) is 0.806. The number of nitrogens with one attached hydrogen (secondary N) is 1. The molecule has 0 saturated carbocycles. The Bertz CT molecular complexity index is 482. The molecule has 1 N–H and O–H groups in total. The van der Waals surface area contributed by atoms with E-state index in [1.54, 1.807) is 12.5 Å². The molecule has 0 radical (unpaired) electrons. The van der Waals surface area contributed by atoms with Gasteiger partial charge in [0, 0.05) is 6.20 Å². The third kappa shape index (κ3) is 0.885. The highest BCUT2D eigenvalue weighted by Gasteiger charge is 2.06. The Labute approximate surface area is 74.0 Å². The molecule has 13 heavy (non-hydrogen) atoms. The van der Waals surface area contributed by atoms with Gasteiger partial charge in [-0.05, 0) is 18.2 Å². The average Bonchev–Trinajstić information content (AvgIpc) is 2.61. The van der Waals surface area contributed by atoms with E-state index in [4.69, 9.17) is 0 Å². The minimum Gasteiger partial charge on any atom is -0.337 e. The molecular weight excluding hydrogens is 164 g/mol. The quantitative estimate of drug-likeness (QED) is 0.555. The first-order chi connectivity index (χ1) is 6.43. The lowest BCUT2D eigenvalue weighted by Crippen LogP contribution is -1.88. The first-order valence-electron chi connectivity index (χ1n) is 3.98. The predicted octanol–water partition coefficient (Wildman–Crippen LogP) is 1.46. The van der Waals surface area contributed by atoms with Crippen molar-refractivity contribution in [1.29, 1.82) is 0 Å². The largest absolute Gasteiger partial charge is 0.337 e. The fraction of sp³-hybridized carbons (Fsp3) is 0. The molecule has 2 aliphatic rings. The van der Waals surface area contributed by atoms with E-state index in [0.717, 1.165) is 22.6 Å². The summed E-state index contributed by atoms with van der Waals surface area (Å²) < 4.78 is 0. The summed E-state index contributed by atoms with van der Waals surface area (Å²) in [5.41, 5.74) is 2.75. The Kier molecular flexibility index (Phi) is 1.14. The van der Waals surface area contributed by atoms with Gasteiger partial charge in [-0.15, -0.1) is 0 Å². The highest BCUT2D eigenvalue weighted by molar-refractivity contribution is 5.79. The van der Waals surface area contributed by atoms with E-state index in [1.807, 2.05) is 18.2 Å². The highest BCUT2D eigenvalue weighted by atomic mass is 15.0. The lowest BCUT2D eigenvalue weighted by atomic mass is 10.2. The van der Waals surface area contributed by atoms with Crippen LogP contribution in [0, 0.1) is 0 Å². The molecule has 0 bridgehead atoms. The van der Waals surface area contributed by atoms with Crippen molar-refractivity contribution in [3.05, 3.63) is 30.7 Å². The van der Waals surface area contributed by atoms with Gasteiger partial charge in [-0.2, -0.15) is 0 Å². The number of hydrogen-bond donors (Lipinski definition) is 1. The molecule has 4 heteroatoms. The lowest BCUT2D eigenvalue weighted by Gasteiger charge is -1.99. The molecule has 0 unspecified atom stereocenters. The molecule has 0 amide bonds. The molecule has 3 heterocycles. The van der Waals surface area contributed by atoms with Gasteiger partial charge in [0.15, 0.2) is 5.82 Å². The average molecular weight is 170 g/mol. The number of nitrogens with zero attached hydrogens (tertiary/aromatic N) is 3. The van der Waals surface area contributed by atoms with E-state index >= 15 is 0 Å². The van der Waals surface area contributed by atoms with Gasteiger partial charge in [-0.1, -0.05) is 0 Å². The lowest BCUT2D eigenvalue weighted by molar-refractivity contribution is 1.26. The Morgan fingerprint density at radius 1 is 1.15 bits per heavy atom. The van der Waals surface area contributed by atoms with Crippen LogP contribution in [0.15, 0.2) is 30.7 Å². The van der Waals surface area contributed by atoms with Gasteiger partial charge in [0.05, 0.1) is 11.0 Å². The molecule has 0 aromatic carbocycles. The Balaban J connectivity index is 2.52. The van der Waals surface area contributed by atoms with E-state index < -0.39 is 0 Å². The number of imidazole rings is 1. The van der Waals surface area contributed by atoms with Crippen molar-refractivity contribution in [2.75, 3.05) is 0 Å². The van der Waals surface area contributed by atoms with Crippen molar-refractivity contribution in [3.63, 3.8) is 0 Å². The van der Waals surface area contributed by atoms with Gasteiger partial charge >= 0.3 is 0 Å². The van der Waals surface area contributed by atoms with Gasteiger partial charge in [-0.25, -0.2) is 9.97 Å². The molecule has 0 fully saturated rings. The third-order valence-corrected chi connectivity index (χ3v) is 1.99. The van der Waals surface area contributed by atoms with Crippen molar-refractivity contribution >= 4 is 11.0 Å². The summed E-state index contributed by atoms with van der Waals surface area (Å²) in [6.07, 6.45) is 3.30. The zero-order valence-electron chi connectivity index (χ0n) is 6.73. The second-order valence-electron chi connectivity index (χ2n) is 2.81. The van der Waals surface area contributed by atoms with Gasteiger partial charge in [0.2, 0.25) is 0 Å². The number of aromatic amines is 1. The maximum atomic E-state index is 4.21. The van der Waals surface area contributed by atoms with Crippen molar-refractivity contribution in [2.45, 2.75) is 0 Å². The fourth-order valence-corrected chi connectivity index (χ4v) is 1.37. The molecule has 0 spiro atoms. The highest BCUT2D eigenvalue weighted by Crippen LogP contribution is 2.18. The number of aromatic nitrogens is 4. The molecular formula is C9H6N4. The first-order valence-corrected chi connectivity index (χ1v) is 3.98. The molecule has 62 valence electrons. The summed E-state index contributed by atoms with van der Waals surface area (Å²) >= 11 is 0. The second-order valence-corrected chi connectivity index (χ2v) is 2.81. The smallest absolute Gasteiger partial charge is 0.158 e. The SMILES string of the molecule is c1cnc2cc3ncnc-3[nH]c2c1. The van der Waals surface area contributed by atoms with Gasteiger partial charge in [0.1, 0.15) is 12.0 Å². The van der Waals surface area contributed by atoms with Crippen LogP contribution in [0.1, 0.15) is 0 Å². The first kappa shape index (κ1) is 6.54. The van der Waals surface area contributed by atoms with Crippen molar-refractivity contribution in [2.24, 2.45) is 0 Å². The van der Waals surface area contributed by atoms with Crippen LogP contribution in [0.25, 0.3) is 22.6 Å². The summed E-state index contributed by atoms with van der Waals surface area (Å²) in [6, 6.07) is 5.78. The number of hydrogen-bond acceptors (Lipinski definition) is 3. The minimum absolute atomic E-state index is 0.806. The number of H-pyrrole nitrogens is 1. The molecule has 0 atom stereocenters. The van der Waals surface area contributed by atoms with Crippen molar-refractivity contribution < 1.29 is 0 Å². The Morgan fingerprint density at radius 3 is 3.15 bits per heavy atom. The number of fused-ring (bicyclic) bond motifs is 2. The van der Waals surface area contributed by atoms with Crippen LogP contribution >= 0.6 is 0 Å². The minimum atomic E-state index is 0.806.